The molecule has 0 saturated carbocycles. The van der Waals surface area contributed by atoms with E-state index in [1.165, 1.54) is 12.1 Å². The molecule has 1 atom stereocenters. The molecule has 0 saturated heterocycles. The summed E-state index contributed by atoms with van der Waals surface area (Å²) in [6.45, 7) is 3.46. The maximum absolute atomic E-state index is 12.4. The molecule has 0 aliphatic rings. The number of carbonyl (C=O) groups excluding carboxylic acids is 1. The molecule has 6 heteroatoms. The van der Waals surface area contributed by atoms with Crippen molar-refractivity contribution >= 4 is 15.9 Å². The number of aryl methyl sites for hydroxylation is 1. The Kier molecular flexibility index (Phi) is 4.63. The second kappa shape index (κ2) is 6.29. The van der Waals surface area contributed by atoms with Crippen LogP contribution in [0.15, 0.2) is 53.4 Å². The highest BCUT2D eigenvalue weighted by atomic mass is 32.2. The minimum Gasteiger partial charge on any atom is -0.366 e. The Balaban J connectivity index is 2.31. The van der Waals surface area contributed by atoms with Crippen molar-refractivity contribution in [3.8, 4) is 0 Å². The molecule has 0 radical (unpaired) electrons. The third-order valence-corrected chi connectivity index (χ3v) is 4.95. The van der Waals surface area contributed by atoms with Gasteiger partial charge in [-0.3, -0.25) is 4.79 Å². The second-order valence-electron chi connectivity index (χ2n) is 5.09. The van der Waals surface area contributed by atoms with Crippen LogP contribution in [0.4, 0.5) is 0 Å². The molecule has 0 fully saturated rings. The van der Waals surface area contributed by atoms with Gasteiger partial charge in [0.2, 0.25) is 15.9 Å². The molecular weight excluding hydrogens is 300 g/mol. The average molecular weight is 318 g/mol. The number of primary amides is 1. The molecule has 5 nitrogen and oxygen atoms in total. The molecule has 0 unspecified atom stereocenters. The number of nitrogens with two attached hydrogens (primary N) is 1. The number of hydrogen-bond acceptors (Lipinski definition) is 3. The lowest BCUT2D eigenvalue weighted by Crippen LogP contribution is -2.27. The van der Waals surface area contributed by atoms with Gasteiger partial charge in [-0.05, 0) is 37.1 Å². The predicted octanol–water partition coefficient (Wildman–Crippen LogP) is 2.13. The summed E-state index contributed by atoms with van der Waals surface area (Å²) in [7, 11) is -3.74. The van der Waals surface area contributed by atoms with E-state index >= 15 is 0 Å². The van der Waals surface area contributed by atoms with E-state index in [0.717, 1.165) is 5.56 Å². The fourth-order valence-electron chi connectivity index (χ4n) is 2.14. The summed E-state index contributed by atoms with van der Waals surface area (Å²) >= 11 is 0. The Morgan fingerprint density at radius 3 is 2.36 bits per heavy atom. The van der Waals surface area contributed by atoms with Crippen LogP contribution in [-0.4, -0.2) is 14.3 Å². The Bertz CT molecular complexity index is 786. The Morgan fingerprint density at radius 2 is 1.77 bits per heavy atom. The summed E-state index contributed by atoms with van der Waals surface area (Å²) in [4.78, 5) is 11.4. The fraction of sp³-hybridized carbons (Fsp3) is 0.188. The molecule has 1 amide bonds. The van der Waals surface area contributed by atoms with Gasteiger partial charge in [0.05, 0.1) is 4.90 Å². The van der Waals surface area contributed by atoms with Gasteiger partial charge in [-0.15, -0.1) is 0 Å². The fourth-order valence-corrected chi connectivity index (χ4v) is 3.40. The normalized spacial score (nSPS) is 12.8. The Morgan fingerprint density at radius 1 is 1.14 bits per heavy atom. The first-order valence-corrected chi connectivity index (χ1v) is 8.27. The zero-order chi connectivity index (χ0) is 16.3. The smallest absolute Gasteiger partial charge is 0.249 e. The van der Waals surface area contributed by atoms with Crippen molar-refractivity contribution in [1.29, 1.82) is 0 Å². The van der Waals surface area contributed by atoms with Crippen molar-refractivity contribution in [3.63, 3.8) is 0 Å². The SMILES string of the molecule is Cc1ccc(S(=O)(=O)N[C@H](C)c2ccccc2)cc1C(N)=O. The van der Waals surface area contributed by atoms with Gasteiger partial charge < -0.3 is 5.73 Å². The molecule has 0 aliphatic heterocycles. The number of rotatable bonds is 5. The summed E-state index contributed by atoms with van der Waals surface area (Å²) in [5.74, 6) is -0.648. The van der Waals surface area contributed by atoms with Crippen molar-refractivity contribution in [2.45, 2.75) is 24.8 Å². The van der Waals surface area contributed by atoms with Crippen LogP contribution in [0.3, 0.4) is 0 Å². The average Bonchev–Trinajstić information content (AvgIpc) is 2.47. The van der Waals surface area contributed by atoms with Gasteiger partial charge in [0, 0.05) is 11.6 Å². The van der Waals surface area contributed by atoms with Gasteiger partial charge in [0.15, 0.2) is 0 Å². The minimum atomic E-state index is -3.74. The highest BCUT2D eigenvalue weighted by Gasteiger charge is 2.20. The molecule has 116 valence electrons. The molecule has 0 aromatic heterocycles. The summed E-state index contributed by atoms with van der Waals surface area (Å²) in [5, 5.41) is 0. The van der Waals surface area contributed by atoms with Crippen LogP contribution in [0.5, 0.6) is 0 Å². The lowest BCUT2D eigenvalue weighted by atomic mass is 10.1. The van der Waals surface area contributed by atoms with Crippen LogP contribution in [0.2, 0.25) is 0 Å². The minimum absolute atomic E-state index is 0.0229. The summed E-state index contributed by atoms with van der Waals surface area (Å²) in [6.07, 6.45) is 0. The van der Waals surface area contributed by atoms with E-state index in [1.807, 2.05) is 30.3 Å². The molecule has 22 heavy (non-hydrogen) atoms. The van der Waals surface area contributed by atoms with Gasteiger partial charge in [-0.2, -0.15) is 0 Å². The number of sulfonamides is 1. The highest BCUT2D eigenvalue weighted by Crippen LogP contribution is 2.19. The van der Waals surface area contributed by atoms with Crippen molar-refractivity contribution in [3.05, 3.63) is 65.2 Å². The largest absolute Gasteiger partial charge is 0.366 e. The first-order valence-electron chi connectivity index (χ1n) is 6.79. The highest BCUT2D eigenvalue weighted by molar-refractivity contribution is 7.89. The van der Waals surface area contributed by atoms with E-state index in [-0.39, 0.29) is 16.5 Å². The van der Waals surface area contributed by atoms with E-state index in [0.29, 0.717) is 5.56 Å². The topological polar surface area (TPSA) is 89.3 Å². The number of carbonyl (C=O) groups is 1. The van der Waals surface area contributed by atoms with E-state index in [4.69, 9.17) is 5.73 Å². The van der Waals surface area contributed by atoms with Crippen LogP contribution in [0.25, 0.3) is 0 Å². The first kappa shape index (κ1) is 16.2. The molecule has 2 aromatic carbocycles. The molecule has 0 spiro atoms. The van der Waals surface area contributed by atoms with E-state index in [1.54, 1.807) is 19.9 Å². The summed E-state index contributed by atoms with van der Waals surface area (Å²) in [6, 6.07) is 13.2. The Hall–Kier alpha value is -2.18. The Labute approximate surface area is 130 Å². The van der Waals surface area contributed by atoms with Crippen LogP contribution in [0.1, 0.15) is 34.5 Å². The van der Waals surface area contributed by atoms with Gasteiger partial charge in [0.25, 0.3) is 0 Å². The van der Waals surface area contributed by atoms with Crippen molar-refractivity contribution < 1.29 is 13.2 Å². The van der Waals surface area contributed by atoms with Gasteiger partial charge >= 0.3 is 0 Å². The maximum atomic E-state index is 12.4. The zero-order valence-electron chi connectivity index (χ0n) is 12.4. The quantitative estimate of drug-likeness (QED) is 0.885. The lowest BCUT2D eigenvalue weighted by molar-refractivity contribution is 0.0999. The van der Waals surface area contributed by atoms with E-state index in [2.05, 4.69) is 4.72 Å². The van der Waals surface area contributed by atoms with Crippen molar-refractivity contribution in [2.75, 3.05) is 0 Å². The molecule has 0 aliphatic carbocycles. The summed E-state index contributed by atoms with van der Waals surface area (Å²) < 4.78 is 27.5. The zero-order valence-corrected chi connectivity index (χ0v) is 13.2. The third kappa shape index (κ3) is 3.52. The standard InChI is InChI=1S/C16H18N2O3S/c1-11-8-9-14(10-15(11)16(17)19)22(20,21)18-12(2)13-6-4-3-5-7-13/h3-10,12,18H,1-2H3,(H2,17,19)/t12-/m1/s1. The van der Waals surface area contributed by atoms with Crippen molar-refractivity contribution in [2.24, 2.45) is 5.73 Å². The lowest BCUT2D eigenvalue weighted by Gasteiger charge is -2.15. The maximum Gasteiger partial charge on any atom is 0.249 e. The van der Waals surface area contributed by atoms with E-state index in [9.17, 15) is 13.2 Å². The number of benzene rings is 2. The van der Waals surface area contributed by atoms with Crippen LogP contribution >= 0.6 is 0 Å². The van der Waals surface area contributed by atoms with Gasteiger partial charge in [0.1, 0.15) is 0 Å². The molecule has 0 heterocycles. The predicted molar refractivity (Wildman–Crippen MR) is 84.9 cm³/mol. The molecular formula is C16H18N2O3S. The van der Waals surface area contributed by atoms with Crippen LogP contribution in [-0.2, 0) is 10.0 Å². The molecule has 0 bridgehead atoms. The monoisotopic (exact) mass is 318 g/mol. The van der Waals surface area contributed by atoms with Gasteiger partial charge in [-0.25, -0.2) is 13.1 Å². The number of amides is 1. The van der Waals surface area contributed by atoms with Crippen LogP contribution < -0.4 is 10.5 Å². The summed E-state index contributed by atoms with van der Waals surface area (Å²) in [5.41, 5.74) is 6.97. The van der Waals surface area contributed by atoms with E-state index < -0.39 is 15.9 Å². The third-order valence-electron chi connectivity index (χ3n) is 3.42. The van der Waals surface area contributed by atoms with Gasteiger partial charge in [-0.1, -0.05) is 36.4 Å². The number of nitrogens with one attached hydrogen (secondary N) is 1. The molecule has 3 N–H and O–H groups in total. The van der Waals surface area contributed by atoms with Crippen molar-refractivity contribution in [1.82, 2.24) is 4.72 Å². The molecule has 2 aromatic rings. The first-order chi connectivity index (χ1) is 10.3. The second-order valence-corrected chi connectivity index (χ2v) is 6.81. The number of hydrogen-bond donors (Lipinski definition) is 2. The molecule has 2 rings (SSSR count). The van der Waals surface area contributed by atoms with Crippen LogP contribution in [0, 0.1) is 6.92 Å².